The number of hydrogen-bond acceptors (Lipinski definition) is 4. The summed E-state index contributed by atoms with van der Waals surface area (Å²) in [6.07, 6.45) is 0. The molecule has 2 aromatic carbocycles. The normalized spacial score (nSPS) is 10.6. The van der Waals surface area contributed by atoms with Crippen molar-refractivity contribution in [1.29, 1.82) is 0 Å². The topological polar surface area (TPSA) is 42.4 Å². The number of benzene rings is 2. The predicted molar refractivity (Wildman–Crippen MR) is 89.7 cm³/mol. The summed E-state index contributed by atoms with van der Waals surface area (Å²) in [5.41, 5.74) is 2.01. The number of rotatable bonds is 4. The molecule has 112 valence electrons. The highest BCUT2D eigenvalue weighted by Crippen LogP contribution is 2.27. The lowest BCUT2D eigenvalue weighted by Crippen LogP contribution is -2.31. The molecular weight excluding hydrogens is 296 g/mol. The molecule has 0 saturated carbocycles. The quantitative estimate of drug-likeness (QED) is 0.738. The third-order valence-electron chi connectivity index (χ3n) is 3.30. The lowest BCUT2D eigenvalue weighted by atomic mass is 10.2. The molecule has 1 heterocycles. The molecule has 0 spiro atoms. The zero-order chi connectivity index (χ0) is 15.5. The van der Waals surface area contributed by atoms with E-state index in [1.165, 1.54) is 11.3 Å². The van der Waals surface area contributed by atoms with Gasteiger partial charge in [0.25, 0.3) is 5.91 Å². The van der Waals surface area contributed by atoms with E-state index in [4.69, 9.17) is 4.74 Å². The van der Waals surface area contributed by atoms with Gasteiger partial charge in [0.2, 0.25) is 0 Å². The van der Waals surface area contributed by atoms with Crippen LogP contribution in [0.2, 0.25) is 0 Å². The number of para-hydroxylation sites is 1. The van der Waals surface area contributed by atoms with Gasteiger partial charge in [-0.2, -0.15) is 0 Å². The molecule has 0 unspecified atom stereocenters. The van der Waals surface area contributed by atoms with Crippen LogP contribution in [0.1, 0.15) is 5.56 Å². The van der Waals surface area contributed by atoms with Gasteiger partial charge < -0.3 is 4.74 Å². The molecule has 0 bridgehead atoms. The van der Waals surface area contributed by atoms with Gasteiger partial charge in [-0.25, -0.2) is 4.98 Å². The molecule has 0 aliphatic rings. The molecule has 0 atom stereocenters. The minimum absolute atomic E-state index is 0.00409. The number of anilines is 1. The van der Waals surface area contributed by atoms with Crippen molar-refractivity contribution in [1.82, 2.24) is 4.98 Å². The Balaban J connectivity index is 1.68. The van der Waals surface area contributed by atoms with E-state index in [9.17, 15) is 4.79 Å². The summed E-state index contributed by atoms with van der Waals surface area (Å²) in [7, 11) is 1.72. The Morgan fingerprint density at radius 3 is 2.82 bits per heavy atom. The summed E-state index contributed by atoms with van der Waals surface area (Å²) < 4.78 is 6.62. The third-order valence-corrected chi connectivity index (χ3v) is 4.41. The highest BCUT2D eigenvalue weighted by atomic mass is 32.1. The van der Waals surface area contributed by atoms with Crippen LogP contribution in [0.4, 0.5) is 5.13 Å². The first kappa shape index (κ1) is 14.5. The number of aromatic nitrogens is 1. The molecule has 0 aliphatic heterocycles. The van der Waals surface area contributed by atoms with E-state index in [-0.39, 0.29) is 12.5 Å². The van der Waals surface area contributed by atoms with E-state index in [2.05, 4.69) is 4.98 Å². The van der Waals surface area contributed by atoms with Crippen molar-refractivity contribution in [2.45, 2.75) is 6.92 Å². The Labute approximate surface area is 133 Å². The first-order chi connectivity index (χ1) is 10.6. The van der Waals surface area contributed by atoms with Gasteiger partial charge in [0.1, 0.15) is 5.75 Å². The molecule has 1 aromatic heterocycles. The SMILES string of the molecule is Cc1cccc(OCC(=O)N(C)c2nc3ccccc3s2)c1. The van der Waals surface area contributed by atoms with Crippen molar-refractivity contribution in [3.63, 3.8) is 0 Å². The first-order valence-electron chi connectivity index (χ1n) is 6.95. The number of thiazole rings is 1. The maximum Gasteiger partial charge on any atom is 0.266 e. The summed E-state index contributed by atoms with van der Waals surface area (Å²) >= 11 is 1.50. The fourth-order valence-corrected chi connectivity index (χ4v) is 3.00. The summed E-state index contributed by atoms with van der Waals surface area (Å²) in [5, 5.41) is 0.680. The number of nitrogens with zero attached hydrogens (tertiary/aromatic N) is 2. The number of hydrogen-bond donors (Lipinski definition) is 0. The predicted octanol–water partition coefficient (Wildman–Crippen LogP) is 3.65. The second-order valence-electron chi connectivity index (χ2n) is 5.02. The average molecular weight is 312 g/mol. The van der Waals surface area contributed by atoms with Crippen molar-refractivity contribution in [2.24, 2.45) is 0 Å². The molecular formula is C17H16N2O2S. The molecule has 0 saturated heterocycles. The van der Waals surface area contributed by atoms with Crippen LogP contribution in [0.15, 0.2) is 48.5 Å². The molecule has 0 radical (unpaired) electrons. The van der Waals surface area contributed by atoms with Crippen LogP contribution >= 0.6 is 11.3 Å². The average Bonchev–Trinajstić information content (AvgIpc) is 2.96. The number of carbonyl (C=O) groups excluding carboxylic acids is 1. The van der Waals surface area contributed by atoms with Gasteiger partial charge in [-0.05, 0) is 36.8 Å². The maximum atomic E-state index is 12.2. The van der Waals surface area contributed by atoms with Crippen LogP contribution in [0.3, 0.4) is 0 Å². The molecule has 1 amide bonds. The van der Waals surface area contributed by atoms with Crippen molar-refractivity contribution in [2.75, 3.05) is 18.6 Å². The van der Waals surface area contributed by atoms with E-state index >= 15 is 0 Å². The smallest absolute Gasteiger partial charge is 0.266 e. The molecule has 0 N–H and O–H groups in total. The highest BCUT2D eigenvalue weighted by molar-refractivity contribution is 7.22. The van der Waals surface area contributed by atoms with E-state index in [0.29, 0.717) is 10.9 Å². The Bertz CT molecular complexity index is 780. The standard InChI is InChI=1S/C17H16N2O2S/c1-12-6-5-7-13(10-12)21-11-16(20)19(2)17-18-14-8-3-4-9-15(14)22-17/h3-10H,11H2,1-2H3. The second kappa shape index (κ2) is 6.15. The summed E-state index contributed by atoms with van der Waals surface area (Å²) in [4.78, 5) is 18.3. The molecule has 0 fully saturated rings. The largest absolute Gasteiger partial charge is 0.484 e. The minimum atomic E-state index is -0.124. The highest BCUT2D eigenvalue weighted by Gasteiger charge is 2.15. The number of amides is 1. The first-order valence-corrected chi connectivity index (χ1v) is 7.77. The molecule has 5 heteroatoms. The number of likely N-dealkylation sites (N-methyl/N-ethyl adjacent to an activating group) is 1. The lowest BCUT2D eigenvalue weighted by molar-refractivity contribution is -0.120. The van der Waals surface area contributed by atoms with Crippen LogP contribution in [-0.2, 0) is 4.79 Å². The van der Waals surface area contributed by atoms with Crippen molar-refractivity contribution in [3.8, 4) is 5.75 Å². The second-order valence-corrected chi connectivity index (χ2v) is 6.03. The Morgan fingerprint density at radius 1 is 1.23 bits per heavy atom. The van der Waals surface area contributed by atoms with Crippen LogP contribution in [0.25, 0.3) is 10.2 Å². The van der Waals surface area contributed by atoms with Crippen LogP contribution < -0.4 is 9.64 Å². The van der Waals surface area contributed by atoms with Gasteiger partial charge in [0.05, 0.1) is 10.2 Å². The zero-order valence-electron chi connectivity index (χ0n) is 12.4. The van der Waals surface area contributed by atoms with Crippen LogP contribution in [-0.4, -0.2) is 24.5 Å². The third kappa shape index (κ3) is 3.09. The fourth-order valence-electron chi connectivity index (χ4n) is 2.06. The fraction of sp³-hybridized carbons (Fsp3) is 0.176. The Morgan fingerprint density at radius 2 is 2.05 bits per heavy atom. The summed E-state index contributed by atoms with van der Waals surface area (Å²) in [5.74, 6) is 0.576. The van der Waals surface area contributed by atoms with E-state index in [0.717, 1.165) is 15.8 Å². The van der Waals surface area contributed by atoms with E-state index in [1.54, 1.807) is 11.9 Å². The Kier molecular flexibility index (Phi) is 4.06. The van der Waals surface area contributed by atoms with Crippen molar-refractivity contribution in [3.05, 3.63) is 54.1 Å². The Hall–Kier alpha value is -2.40. The van der Waals surface area contributed by atoms with Crippen molar-refractivity contribution < 1.29 is 9.53 Å². The van der Waals surface area contributed by atoms with E-state index < -0.39 is 0 Å². The number of ether oxygens (including phenoxy) is 1. The molecule has 22 heavy (non-hydrogen) atoms. The maximum absolute atomic E-state index is 12.2. The summed E-state index contributed by atoms with van der Waals surface area (Å²) in [6.45, 7) is 1.98. The van der Waals surface area contributed by atoms with Gasteiger partial charge in [-0.15, -0.1) is 0 Å². The van der Waals surface area contributed by atoms with Gasteiger partial charge in [0, 0.05) is 7.05 Å². The van der Waals surface area contributed by atoms with Gasteiger partial charge in [0.15, 0.2) is 11.7 Å². The number of carbonyl (C=O) groups is 1. The lowest BCUT2D eigenvalue weighted by Gasteiger charge is -2.14. The van der Waals surface area contributed by atoms with E-state index in [1.807, 2.05) is 55.5 Å². The van der Waals surface area contributed by atoms with Gasteiger partial charge in [-0.1, -0.05) is 35.6 Å². The summed E-state index contributed by atoms with van der Waals surface area (Å²) in [6, 6.07) is 15.5. The van der Waals surface area contributed by atoms with Crippen LogP contribution in [0.5, 0.6) is 5.75 Å². The van der Waals surface area contributed by atoms with Crippen molar-refractivity contribution >= 4 is 32.6 Å². The number of fused-ring (bicyclic) bond motifs is 1. The minimum Gasteiger partial charge on any atom is -0.484 e. The van der Waals surface area contributed by atoms with Gasteiger partial charge >= 0.3 is 0 Å². The molecule has 3 rings (SSSR count). The number of aryl methyl sites for hydroxylation is 1. The van der Waals surface area contributed by atoms with Gasteiger partial charge in [-0.3, -0.25) is 9.69 Å². The molecule has 3 aromatic rings. The molecule has 0 aliphatic carbocycles. The monoisotopic (exact) mass is 312 g/mol. The van der Waals surface area contributed by atoms with Crippen LogP contribution in [0, 0.1) is 6.92 Å². The zero-order valence-corrected chi connectivity index (χ0v) is 13.3. The molecule has 4 nitrogen and oxygen atoms in total.